The van der Waals surface area contributed by atoms with Crippen molar-refractivity contribution < 1.29 is 14.7 Å². The van der Waals surface area contributed by atoms with Crippen LogP contribution in [0.1, 0.15) is 32.9 Å². The van der Waals surface area contributed by atoms with Crippen LogP contribution in [0.2, 0.25) is 0 Å². The Kier molecular flexibility index (Phi) is 5.81. The summed E-state index contributed by atoms with van der Waals surface area (Å²) < 4.78 is 0.723. The lowest BCUT2D eigenvalue weighted by Gasteiger charge is -2.24. The fourth-order valence-corrected chi connectivity index (χ4v) is 2.86. The van der Waals surface area contributed by atoms with Crippen molar-refractivity contribution in [3.8, 4) is 0 Å². The number of nitrogens with one attached hydrogen (secondary N) is 1. The third kappa shape index (κ3) is 6.07. The van der Waals surface area contributed by atoms with Crippen LogP contribution < -0.4 is 5.32 Å². The zero-order chi connectivity index (χ0) is 14.5. The number of aliphatic carboxylic acids is 1. The number of hydrogen-bond donors (Lipinski definition) is 2. The van der Waals surface area contributed by atoms with E-state index >= 15 is 0 Å². The molecule has 0 atom stereocenters. The van der Waals surface area contributed by atoms with E-state index in [4.69, 9.17) is 5.11 Å². The Morgan fingerprint density at radius 2 is 2.21 bits per heavy atom. The summed E-state index contributed by atoms with van der Waals surface area (Å²) >= 11 is 2.70. The van der Waals surface area contributed by atoms with Gasteiger partial charge in [0.05, 0.1) is 17.9 Å². The smallest absolute Gasteiger partial charge is 0.309 e. The number of hydrogen-bond acceptors (Lipinski definition) is 5. The molecule has 0 radical (unpaired) electrons. The molecular formula is C12H18N2O3S2. The molecule has 0 saturated heterocycles. The maximum atomic E-state index is 11.7. The molecule has 1 aromatic rings. The van der Waals surface area contributed by atoms with Gasteiger partial charge in [-0.3, -0.25) is 9.59 Å². The van der Waals surface area contributed by atoms with Gasteiger partial charge in [0, 0.05) is 10.9 Å². The van der Waals surface area contributed by atoms with Crippen molar-refractivity contribution in [2.75, 3.05) is 5.75 Å². The molecule has 19 heavy (non-hydrogen) atoms. The number of rotatable bonds is 7. The number of carboxylic acid groups (broad SMARTS) is 1. The summed E-state index contributed by atoms with van der Waals surface area (Å²) in [5.41, 5.74) is 0.337. The van der Waals surface area contributed by atoms with Crippen molar-refractivity contribution in [2.45, 2.75) is 43.5 Å². The van der Waals surface area contributed by atoms with Crippen molar-refractivity contribution in [1.82, 2.24) is 10.3 Å². The van der Waals surface area contributed by atoms with Crippen LogP contribution in [-0.4, -0.2) is 33.3 Å². The molecule has 0 fully saturated rings. The summed E-state index contributed by atoms with van der Waals surface area (Å²) in [6.07, 6.45) is 0.787. The number of aromatic nitrogens is 1. The Labute approximate surface area is 120 Å². The highest BCUT2D eigenvalue weighted by Gasteiger charge is 2.18. The number of carboxylic acids is 1. The maximum Gasteiger partial charge on any atom is 0.309 e. The average Bonchev–Trinajstić information content (AvgIpc) is 2.73. The number of carbonyl (C=O) groups excluding carboxylic acids is 1. The van der Waals surface area contributed by atoms with Gasteiger partial charge in [0.15, 0.2) is 4.34 Å². The van der Waals surface area contributed by atoms with E-state index in [0.717, 1.165) is 10.8 Å². The van der Waals surface area contributed by atoms with Gasteiger partial charge in [0.25, 0.3) is 0 Å². The molecule has 7 heteroatoms. The van der Waals surface area contributed by atoms with Gasteiger partial charge in [0.1, 0.15) is 0 Å². The maximum absolute atomic E-state index is 11.7. The minimum Gasteiger partial charge on any atom is -0.481 e. The molecule has 2 N–H and O–H groups in total. The highest BCUT2D eigenvalue weighted by atomic mass is 32.2. The van der Waals surface area contributed by atoms with Gasteiger partial charge in [-0.05, 0) is 20.3 Å². The first-order valence-electron chi connectivity index (χ1n) is 5.92. The SMILES string of the molecule is CCC(C)(C)NC(=O)CSc1nc(CC(=O)O)cs1. The Balaban J connectivity index is 2.42. The van der Waals surface area contributed by atoms with Crippen LogP contribution in [0.5, 0.6) is 0 Å². The zero-order valence-electron chi connectivity index (χ0n) is 11.2. The van der Waals surface area contributed by atoms with Crippen molar-refractivity contribution in [3.05, 3.63) is 11.1 Å². The highest BCUT2D eigenvalue weighted by Crippen LogP contribution is 2.23. The second kappa shape index (κ2) is 6.91. The summed E-state index contributed by atoms with van der Waals surface area (Å²) in [6, 6.07) is 0. The van der Waals surface area contributed by atoms with Crippen LogP contribution in [0.15, 0.2) is 9.72 Å². The topological polar surface area (TPSA) is 79.3 Å². The molecule has 1 amide bonds. The van der Waals surface area contributed by atoms with E-state index in [9.17, 15) is 9.59 Å². The van der Waals surface area contributed by atoms with Crippen LogP contribution in [0.25, 0.3) is 0 Å². The second-order valence-corrected chi connectivity index (χ2v) is 6.83. The largest absolute Gasteiger partial charge is 0.481 e. The standard InChI is InChI=1S/C12H18N2O3S2/c1-4-12(2,3)14-9(15)7-19-11-13-8(6-18-11)5-10(16)17/h6H,4-5,7H2,1-3H3,(H,14,15)(H,16,17). The number of thiazole rings is 1. The van der Waals surface area contributed by atoms with E-state index in [1.165, 1.54) is 23.1 Å². The Hall–Kier alpha value is -1.08. The van der Waals surface area contributed by atoms with Gasteiger partial charge in [-0.15, -0.1) is 11.3 Å². The highest BCUT2D eigenvalue weighted by molar-refractivity contribution is 8.01. The molecular weight excluding hydrogens is 284 g/mol. The van der Waals surface area contributed by atoms with Gasteiger partial charge in [-0.25, -0.2) is 4.98 Å². The minimum absolute atomic E-state index is 0.0353. The Morgan fingerprint density at radius 1 is 1.53 bits per heavy atom. The fraction of sp³-hybridized carbons (Fsp3) is 0.583. The quantitative estimate of drug-likeness (QED) is 0.755. The third-order valence-corrected chi connectivity index (χ3v) is 4.62. The molecule has 0 spiro atoms. The van der Waals surface area contributed by atoms with Crippen LogP contribution in [-0.2, 0) is 16.0 Å². The van der Waals surface area contributed by atoms with E-state index in [1.54, 1.807) is 5.38 Å². The van der Waals surface area contributed by atoms with Gasteiger partial charge in [0.2, 0.25) is 5.91 Å². The first-order valence-corrected chi connectivity index (χ1v) is 7.79. The average molecular weight is 302 g/mol. The van der Waals surface area contributed by atoms with Crippen molar-refractivity contribution in [3.63, 3.8) is 0 Å². The van der Waals surface area contributed by atoms with E-state index in [0.29, 0.717) is 11.4 Å². The molecule has 5 nitrogen and oxygen atoms in total. The lowest BCUT2D eigenvalue weighted by Crippen LogP contribution is -2.43. The van der Waals surface area contributed by atoms with Crippen LogP contribution >= 0.6 is 23.1 Å². The number of nitrogens with zero attached hydrogens (tertiary/aromatic N) is 1. The van der Waals surface area contributed by atoms with Crippen LogP contribution in [0.4, 0.5) is 0 Å². The van der Waals surface area contributed by atoms with Gasteiger partial charge >= 0.3 is 5.97 Å². The van der Waals surface area contributed by atoms with Crippen molar-refractivity contribution in [2.24, 2.45) is 0 Å². The summed E-state index contributed by atoms with van der Waals surface area (Å²) in [6.45, 7) is 5.97. The van der Waals surface area contributed by atoms with E-state index in [1.807, 2.05) is 20.8 Å². The summed E-state index contributed by atoms with van der Waals surface area (Å²) in [5.74, 6) is -0.639. The molecule has 0 unspecified atom stereocenters. The third-order valence-electron chi connectivity index (χ3n) is 2.55. The van der Waals surface area contributed by atoms with Gasteiger partial charge in [-0.2, -0.15) is 0 Å². The number of thioether (sulfide) groups is 1. The molecule has 1 heterocycles. The second-order valence-electron chi connectivity index (χ2n) is 4.75. The molecule has 0 aliphatic carbocycles. The van der Waals surface area contributed by atoms with Crippen molar-refractivity contribution >= 4 is 35.0 Å². The lowest BCUT2D eigenvalue weighted by atomic mass is 10.0. The first kappa shape index (κ1) is 16.0. The zero-order valence-corrected chi connectivity index (χ0v) is 12.9. The van der Waals surface area contributed by atoms with Crippen molar-refractivity contribution in [1.29, 1.82) is 0 Å². The summed E-state index contributed by atoms with van der Waals surface area (Å²) in [5, 5.41) is 13.3. The summed E-state index contributed by atoms with van der Waals surface area (Å²) in [7, 11) is 0. The molecule has 0 bridgehead atoms. The molecule has 1 aromatic heterocycles. The lowest BCUT2D eigenvalue weighted by molar-refractivity contribution is -0.136. The van der Waals surface area contributed by atoms with Gasteiger partial charge in [-0.1, -0.05) is 18.7 Å². The fourth-order valence-electron chi connectivity index (χ4n) is 1.22. The van der Waals surface area contributed by atoms with Crippen LogP contribution in [0.3, 0.4) is 0 Å². The van der Waals surface area contributed by atoms with Crippen LogP contribution in [0, 0.1) is 0 Å². The van der Waals surface area contributed by atoms with E-state index < -0.39 is 5.97 Å². The predicted octanol–water partition coefficient (Wildman–Crippen LogP) is 2.17. The molecule has 106 valence electrons. The number of amides is 1. The Bertz CT molecular complexity index is 458. The number of carbonyl (C=O) groups is 2. The molecule has 0 aromatic carbocycles. The summed E-state index contributed by atoms with van der Waals surface area (Å²) in [4.78, 5) is 26.4. The first-order chi connectivity index (χ1) is 8.82. The molecule has 0 aliphatic rings. The van der Waals surface area contributed by atoms with Gasteiger partial charge < -0.3 is 10.4 Å². The molecule has 0 saturated carbocycles. The molecule has 1 rings (SSSR count). The Morgan fingerprint density at radius 3 is 2.79 bits per heavy atom. The minimum atomic E-state index is -0.899. The van der Waals surface area contributed by atoms with E-state index in [2.05, 4.69) is 10.3 Å². The normalized spacial score (nSPS) is 11.3. The molecule has 0 aliphatic heterocycles. The monoisotopic (exact) mass is 302 g/mol. The predicted molar refractivity (Wildman–Crippen MR) is 76.7 cm³/mol. The van der Waals surface area contributed by atoms with E-state index in [-0.39, 0.29) is 17.9 Å².